The lowest BCUT2D eigenvalue weighted by atomic mass is 9.84. The van der Waals surface area contributed by atoms with Crippen LogP contribution in [0.15, 0.2) is 47.2 Å². The number of nitrogens with one attached hydrogen (secondary N) is 1. The molecular weight excluding hydrogens is 648 g/mol. The Morgan fingerprint density at radius 2 is 1.96 bits per heavy atom. The van der Waals surface area contributed by atoms with Crippen LogP contribution in [0.3, 0.4) is 0 Å². The molecule has 1 aliphatic rings. The molecule has 0 radical (unpaired) electrons. The van der Waals surface area contributed by atoms with Crippen LogP contribution in [0.4, 0.5) is 5.13 Å². The van der Waals surface area contributed by atoms with E-state index >= 15 is 0 Å². The van der Waals surface area contributed by atoms with Gasteiger partial charge in [-0.2, -0.15) is 18.2 Å². The number of rotatable bonds is 15. The molecule has 3 heterocycles. The highest BCUT2D eigenvalue weighted by Crippen LogP contribution is 2.33. The highest BCUT2D eigenvalue weighted by atomic mass is 32.3. The average Bonchev–Trinajstić information content (AvgIpc) is 3.59. The van der Waals surface area contributed by atoms with Crippen LogP contribution >= 0.6 is 11.3 Å². The predicted octanol–water partition coefficient (Wildman–Crippen LogP) is -0.540. The fraction of sp³-hybridized carbons (Fsp3) is 0.385. The number of hydroxylamine groups is 2. The highest BCUT2D eigenvalue weighted by molar-refractivity contribution is 7.80. The number of nitrogen functional groups attached to an aromatic ring is 1. The van der Waals surface area contributed by atoms with Gasteiger partial charge in [-0.05, 0) is 44.5 Å². The Hall–Kier alpha value is -4.63. The molecule has 4 rings (SSSR count). The number of carboxylic acids is 1. The number of ether oxygens (including phenoxy) is 1. The van der Waals surface area contributed by atoms with Crippen LogP contribution in [-0.4, -0.2) is 87.1 Å². The molecule has 18 nitrogen and oxygen atoms in total. The summed E-state index contributed by atoms with van der Waals surface area (Å²) in [7, 11) is -3.09. The molecule has 1 fully saturated rings. The van der Waals surface area contributed by atoms with Crippen LogP contribution in [0, 0.1) is 0 Å². The van der Waals surface area contributed by atoms with E-state index in [2.05, 4.69) is 19.7 Å². The monoisotopic (exact) mass is 681 g/mol. The van der Waals surface area contributed by atoms with E-state index in [4.69, 9.17) is 25.6 Å². The summed E-state index contributed by atoms with van der Waals surface area (Å²) in [4.78, 5) is 46.8. The first-order valence-electron chi connectivity index (χ1n) is 13.6. The van der Waals surface area contributed by atoms with Gasteiger partial charge < -0.3 is 31.5 Å². The summed E-state index contributed by atoms with van der Waals surface area (Å²) in [5.74, 6) is -3.11. The molecule has 2 atom stereocenters. The van der Waals surface area contributed by atoms with Crippen LogP contribution in [0.5, 0.6) is 5.75 Å². The summed E-state index contributed by atoms with van der Waals surface area (Å²) in [6.45, 7) is 3.59. The molecule has 0 aliphatic carbocycles. The van der Waals surface area contributed by atoms with Crippen LogP contribution in [-0.2, 0) is 47.5 Å². The van der Waals surface area contributed by atoms with Gasteiger partial charge in [0, 0.05) is 5.38 Å². The molecule has 1 aliphatic heterocycles. The van der Waals surface area contributed by atoms with Crippen LogP contribution < -0.4 is 26.2 Å². The summed E-state index contributed by atoms with van der Waals surface area (Å²) < 4.78 is 45.0. The van der Waals surface area contributed by atoms with Gasteiger partial charge in [0.15, 0.2) is 17.9 Å². The molecule has 2 aromatic heterocycles. The maximum atomic E-state index is 13.2. The summed E-state index contributed by atoms with van der Waals surface area (Å²) >= 11 is 0.961. The van der Waals surface area contributed by atoms with Gasteiger partial charge in [-0.25, -0.2) is 9.78 Å². The molecular formula is C26H33N8O10S2+. The molecule has 0 saturated carbocycles. The maximum Gasteiger partial charge on any atom is 0.418 e. The Morgan fingerprint density at radius 3 is 2.52 bits per heavy atom. The number of nitrogens with two attached hydrogens (primary N) is 2. The third kappa shape index (κ3) is 7.95. The number of carboxylic acid groups (broad SMARTS) is 1. The van der Waals surface area contributed by atoms with E-state index in [1.165, 1.54) is 19.2 Å². The molecule has 2 amide bonds. The number of nitrogens with zero attached hydrogens (tertiary/aromatic N) is 5. The predicted molar refractivity (Wildman–Crippen MR) is 161 cm³/mol. The van der Waals surface area contributed by atoms with E-state index in [1.807, 2.05) is 40.9 Å². The van der Waals surface area contributed by atoms with Crippen molar-refractivity contribution in [2.75, 3.05) is 18.9 Å². The first-order valence-corrected chi connectivity index (χ1v) is 15.8. The molecule has 1 unspecified atom stereocenters. The smallest absolute Gasteiger partial charge is 0.418 e. The van der Waals surface area contributed by atoms with Gasteiger partial charge in [0.2, 0.25) is 6.20 Å². The molecule has 1 aromatic carbocycles. The molecule has 20 heteroatoms. The topological polar surface area (TPSA) is 255 Å². The minimum Gasteiger partial charge on any atom is -0.489 e. The second kappa shape index (κ2) is 13.8. The van der Waals surface area contributed by atoms with Crippen LogP contribution in [0.1, 0.15) is 26.0 Å². The number of hydrogen-bond acceptors (Lipinski definition) is 13. The van der Waals surface area contributed by atoms with Gasteiger partial charge in [0.25, 0.3) is 17.9 Å². The number of aryl methyl sites for hydroxylation is 2. The van der Waals surface area contributed by atoms with Crippen molar-refractivity contribution in [1.29, 1.82) is 0 Å². The SMILES string of the molecule is C[n+]1cc(-c2ccc(OCC(O/N=C(\C(=O)N[C@@H]3C(=O)N(OS(=O)(=O)O)C3(C)C)c3csc(N)n3)C(=O)O)cc2)cn1CCCN. The van der Waals surface area contributed by atoms with Crippen molar-refractivity contribution >= 4 is 50.4 Å². The number of anilines is 1. The maximum absolute atomic E-state index is 13.2. The second-order valence-electron chi connectivity index (χ2n) is 10.6. The van der Waals surface area contributed by atoms with E-state index in [1.54, 1.807) is 12.1 Å². The number of aliphatic carboxylic acids is 1. The Labute approximate surface area is 267 Å². The first-order chi connectivity index (χ1) is 21.6. The molecule has 46 heavy (non-hydrogen) atoms. The fourth-order valence-corrected chi connectivity index (χ4v) is 5.39. The Bertz CT molecular complexity index is 1740. The fourth-order valence-electron chi connectivity index (χ4n) is 4.38. The van der Waals surface area contributed by atoms with Gasteiger partial charge in [0.1, 0.15) is 24.1 Å². The van der Waals surface area contributed by atoms with Crippen molar-refractivity contribution in [3.63, 3.8) is 0 Å². The van der Waals surface area contributed by atoms with Crippen molar-refractivity contribution in [2.24, 2.45) is 17.9 Å². The summed E-state index contributed by atoms with van der Waals surface area (Å²) in [5, 5.41) is 17.6. The number of carbonyl (C=O) groups excluding carboxylic acids is 2. The first kappa shape index (κ1) is 34.2. The average molecular weight is 682 g/mol. The zero-order valence-corrected chi connectivity index (χ0v) is 26.5. The van der Waals surface area contributed by atoms with E-state index in [-0.39, 0.29) is 10.8 Å². The van der Waals surface area contributed by atoms with Gasteiger partial charge in [-0.3, -0.25) is 14.1 Å². The van der Waals surface area contributed by atoms with E-state index < -0.39 is 58.2 Å². The second-order valence-corrected chi connectivity index (χ2v) is 12.5. The number of hydrogen-bond donors (Lipinski definition) is 5. The number of thiazole rings is 1. The number of amides is 2. The summed E-state index contributed by atoms with van der Waals surface area (Å²) in [6.07, 6.45) is 3.12. The van der Waals surface area contributed by atoms with Crippen molar-refractivity contribution in [3.8, 4) is 16.9 Å². The van der Waals surface area contributed by atoms with Crippen LogP contribution in [0.25, 0.3) is 11.1 Å². The van der Waals surface area contributed by atoms with Gasteiger partial charge in [-0.15, -0.1) is 20.3 Å². The number of oxime groups is 1. The highest BCUT2D eigenvalue weighted by Gasteiger charge is 2.58. The molecule has 7 N–H and O–H groups in total. The van der Waals surface area contributed by atoms with Gasteiger partial charge in [0.05, 0.1) is 23.8 Å². The lowest BCUT2D eigenvalue weighted by Crippen LogP contribution is -2.76. The third-order valence-corrected chi connectivity index (χ3v) is 7.86. The normalized spacial score (nSPS) is 16.9. The lowest BCUT2D eigenvalue weighted by molar-refractivity contribution is -0.753. The summed E-state index contributed by atoms with van der Waals surface area (Å²) in [6, 6.07) is 5.63. The van der Waals surface area contributed by atoms with E-state index in [0.29, 0.717) is 17.4 Å². The number of benzene rings is 1. The summed E-state index contributed by atoms with van der Waals surface area (Å²) in [5.41, 5.74) is 11.1. The minimum atomic E-state index is -5.01. The van der Waals surface area contributed by atoms with Crippen LogP contribution in [0.2, 0.25) is 0 Å². The van der Waals surface area contributed by atoms with Crippen molar-refractivity contribution in [1.82, 2.24) is 20.0 Å². The molecule has 0 spiro atoms. The standard InChI is InChI=1S/C26H32N8O10S2/c1-26(2)21(23(36)34(26)44-46(39,40)41)30-22(35)20(18-14-45-25(28)29-18)31-43-19(24(37)38)13-42-17-7-5-15(6-8-17)16-11-32(3)33(12-16)10-4-9-27/h5-8,11-12,14,19,21H,4,9-10,13,27H2,1-3H3,(H4-,28,29,30,35,37,38,39,40,41)/p+1/b31-20-/t19?,21-/m1/s1. The quantitative estimate of drug-likeness (QED) is 0.0445. The largest absolute Gasteiger partial charge is 0.489 e. The Balaban J connectivity index is 1.44. The molecule has 0 bridgehead atoms. The van der Waals surface area contributed by atoms with Crippen molar-refractivity contribution in [3.05, 3.63) is 47.7 Å². The molecule has 1 saturated heterocycles. The molecule has 248 valence electrons. The Morgan fingerprint density at radius 1 is 1.26 bits per heavy atom. The van der Waals surface area contributed by atoms with Gasteiger partial charge >= 0.3 is 16.4 Å². The number of carbonyl (C=O) groups is 3. The minimum absolute atomic E-state index is 0.0609. The zero-order valence-electron chi connectivity index (χ0n) is 24.9. The Kier molecular flexibility index (Phi) is 10.3. The zero-order chi connectivity index (χ0) is 33.8. The lowest BCUT2D eigenvalue weighted by Gasteiger charge is -2.50. The van der Waals surface area contributed by atoms with Crippen molar-refractivity contribution in [2.45, 2.75) is 44.5 Å². The van der Waals surface area contributed by atoms with E-state index in [9.17, 15) is 27.9 Å². The third-order valence-electron chi connectivity index (χ3n) is 6.85. The van der Waals surface area contributed by atoms with E-state index in [0.717, 1.165) is 35.4 Å². The van der Waals surface area contributed by atoms with Gasteiger partial charge in [-0.1, -0.05) is 17.3 Å². The number of aromatic nitrogens is 3. The number of β-lactam (4-membered cyclic amide) rings is 1. The van der Waals surface area contributed by atoms with Crippen molar-refractivity contribution < 1.29 is 51.0 Å². The molecule has 3 aromatic rings.